The summed E-state index contributed by atoms with van der Waals surface area (Å²) in [7, 11) is 2.06. The van der Waals surface area contributed by atoms with Crippen LogP contribution in [0.4, 0.5) is 5.13 Å². The molecular weight excluding hydrogens is 238 g/mol. The van der Waals surface area contributed by atoms with Crippen molar-refractivity contribution in [3.63, 3.8) is 0 Å². The summed E-state index contributed by atoms with van der Waals surface area (Å²) in [4.78, 5) is 7.67. The molecular formula is C11H15N3S2. The smallest absolute Gasteiger partial charge is 0.185 e. The van der Waals surface area contributed by atoms with E-state index in [0.29, 0.717) is 0 Å². The molecule has 0 bridgehead atoms. The summed E-state index contributed by atoms with van der Waals surface area (Å²) in [5.74, 6) is 0. The number of thiophene rings is 1. The second-order valence-electron chi connectivity index (χ2n) is 3.82. The zero-order valence-corrected chi connectivity index (χ0v) is 11.0. The van der Waals surface area contributed by atoms with Crippen LogP contribution < -0.4 is 10.6 Å². The van der Waals surface area contributed by atoms with Gasteiger partial charge in [-0.3, -0.25) is 0 Å². The molecule has 5 heteroatoms. The Labute approximate surface area is 104 Å². The summed E-state index contributed by atoms with van der Waals surface area (Å²) >= 11 is 3.39. The number of nitrogens with zero attached hydrogens (tertiary/aromatic N) is 2. The SMILES string of the molecule is CC(N)c1cnc(N(C)Cc2ccsc2)s1. The molecule has 0 spiro atoms. The summed E-state index contributed by atoms with van der Waals surface area (Å²) in [6, 6.07) is 2.21. The lowest BCUT2D eigenvalue weighted by atomic mass is 10.3. The summed E-state index contributed by atoms with van der Waals surface area (Å²) in [5.41, 5.74) is 7.14. The number of rotatable bonds is 4. The van der Waals surface area contributed by atoms with E-state index in [1.165, 1.54) is 5.56 Å². The van der Waals surface area contributed by atoms with Crippen molar-refractivity contribution < 1.29 is 0 Å². The van der Waals surface area contributed by atoms with Crippen molar-refractivity contribution in [3.05, 3.63) is 33.5 Å². The largest absolute Gasteiger partial charge is 0.347 e. The standard InChI is InChI=1S/C11H15N3S2/c1-8(12)10-5-13-11(16-10)14(2)6-9-3-4-15-7-9/h3-5,7-8H,6,12H2,1-2H3. The van der Waals surface area contributed by atoms with Gasteiger partial charge in [0.2, 0.25) is 0 Å². The van der Waals surface area contributed by atoms with Gasteiger partial charge in [-0.25, -0.2) is 4.98 Å². The maximum atomic E-state index is 5.82. The first-order valence-electron chi connectivity index (χ1n) is 5.10. The van der Waals surface area contributed by atoms with Crippen molar-refractivity contribution in [2.45, 2.75) is 19.5 Å². The molecule has 0 aliphatic carbocycles. The van der Waals surface area contributed by atoms with Crippen molar-refractivity contribution in [2.24, 2.45) is 5.73 Å². The van der Waals surface area contributed by atoms with Crippen LogP contribution in [0, 0.1) is 0 Å². The van der Waals surface area contributed by atoms with Crippen LogP contribution in [0.3, 0.4) is 0 Å². The quantitative estimate of drug-likeness (QED) is 0.911. The molecule has 1 atom stereocenters. The molecule has 1 unspecified atom stereocenters. The van der Waals surface area contributed by atoms with E-state index in [9.17, 15) is 0 Å². The molecule has 0 amide bonds. The molecule has 0 saturated heterocycles. The van der Waals surface area contributed by atoms with Gasteiger partial charge in [-0.05, 0) is 29.3 Å². The minimum Gasteiger partial charge on any atom is -0.347 e. The average Bonchev–Trinajstić information content (AvgIpc) is 2.86. The first-order valence-corrected chi connectivity index (χ1v) is 6.86. The van der Waals surface area contributed by atoms with Crippen molar-refractivity contribution in [2.75, 3.05) is 11.9 Å². The molecule has 2 aromatic rings. The van der Waals surface area contributed by atoms with Gasteiger partial charge in [0, 0.05) is 30.7 Å². The lowest BCUT2D eigenvalue weighted by molar-refractivity contribution is 0.835. The van der Waals surface area contributed by atoms with Crippen molar-refractivity contribution in [1.29, 1.82) is 0 Å². The molecule has 0 aromatic carbocycles. The summed E-state index contributed by atoms with van der Waals surface area (Å²) in [6.45, 7) is 2.88. The van der Waals surface area contributed by atoms with E-state index in [1.54, 1.807) is 22.7 Å². The van der Waals surface area contributed by atoms with E-state index in [1.807, 2.05) is 13.1 Å². The van der Waals surface area contributed by atoms with Crippen LogP contribution in [0.5, 0.6) is 0 Å². The van der Waals surface area contributed by atoms with Gasteiger partial charge in [0.15, 0.2) is 5.13 Å². The number of hydrogen-bond acceptors (Lipinski definition) is 5. The van der Waals surface area contributed by atoms with Crippen LogP contribution in [0.2, 0.25) is 0 Å². The topological polar surface area (TPSA) is 42.1 Å². The highest BCUT2D eigenvalue weighted by atomic mass is 32.1. The van der Waals surface area contributed by atoms with Gasteiger partial charge in [-0.15, -0.1) is 11.3 Å². The van der Waals surface area contributed by atoms with Crippen LogP contribution in [0.1, 0.15) is 23.4 Å². The first-order chi connectivity index (χ1) is 7.66. The lowest BCUT2D eigenvalue weighted by Crippen LogP contribution is -2.15. The van der Waals surface area contributed by atoms with E-state index in [4.69, 9.17) is 5.73 Å². The highest BCUT2D eigenvalue weighted by Crippen LogP contribution is 2.26. The van der Waals surface area contributed by atoms with E-state index in [2.05, 4.69) is 33.8 Å². The number of anilines is 1. The van der Waals surface area contributed by atoms with Gasteiger partial charge in [-0.1, -0.05) is 0 Å². The first kappa shape index (κ1) is 11.6. The number of aromatic nitrogens is 1. The van der Waals surface area contributed by atoms with E-state index in [-0.39, 0.29) is 6.04 Å². The van der Waals surface area contributed by atoms with Gasteiger partial charge in [-0.2, -0.15) is 11.3 Å². The Morgan fingerprint density at radius 1 is 1.56 bits per heavy atom. The molecule has 16 heavy (non-hydrogen) atoms. The predicted molar refractivity (Wildman–Crippen MR) is 71.1 cm³/mol. The van der Waals surface area contributed by atoms with Gasteiger partial charge in [0.05, 0.1) is 0 Å². The second kappa shape index (κ2) is 4.95. The fourth-order valence-electron chi connectivity index (χ4n) is 1.39. The lowest BCUT2D eigenvalue weighted by Gasteiger charge is -2.14. The van der Waals surface area contributed by atoms with Gasteiger partial charge in [0.25, 0.3) is 0 Å². The molecule has 3 nitrogen and oxygen atoms in total. The van der Waals surface area contributed by atoms with Crippen LogP contribution in [0.15, 0.2) is 23.0 Å². The van der Waals surface area contributed by atoms with Gasteiger partial charge in [0.1, 0.15) is 0 Å². The molecule has 86 valence electrons. The highest BCUT2D eigenvalue weighted by Gasteiger charge is 2.09. The molecule has 0 fully saturated rings. The average molecular weight is 253 g/mol. The molecule has 0 radical (unpaired) electrons. The Bertz CT molecular complexity index is 434. The Balaban J connectivity index is 2.06. The minimum atomic E-state index is 0.0702. The summed E-state index contributed by atoms with van der Waals surface area (Å²) < 4.78 is 0. The van der Waals surface area contributed by atoms with Crippen LogP contribution in [-0.4, -0.2) is 12.0 Å². The maximum absolute atomic E-state index is 5.82. The minimum absolute atomic E-state index is 0.0702. The van der Waals surface area contributed by atoms with Crippen molar-refractivity contribution in [3.8, 4) is 0 Å². The maximum Gasteiger partial charge on any atom is 0.185 e. The van der Waals surface area contributed by atoms with Crippen molar-refractivity contribution in [1.82, 2.24) is 4.98 Å². The third-order valence-electron chi connectivity index (χ3n) is 2.29. The van der Waals surface area contributed by atoms with Crippen LogP contribution in [-0.2, 0) is 6.54 Å². The molecule has 0 saturated carbocycles. The fourth-order valence-corrected chi connectivity index (χ4v) is 2.88. The Hall–Kier alpha value is -0.910. The molecule has 2 rings (SSSR count). The molecule has 2 aromatic heterocycles. The highest BCUT2D eigenvalue weighted by molar-refractivity contribution is 7.15. The number of thiazole rings is 1. The monoisotopic (exact) mass is 253 g/mol. The van der Waals surface area contributed by atoms with E-state index in [0.717, 1.165) is 16.6 Å². The molecule has 0 aliphatic heterocycles. The Morgan fingerprint density at radius 2 is 2.38 bits per heavy atom. The van der Waals surface area contributed by atoms with Gasteiger partial charge >= 0.3 is 0 Å². The normalized spacial score (nSPS) is 12.7. The zero-order valence-electron chi connectivity index (χ0n) is 9.38. The second-order valence-corrected chi connectivity index (χ2v) is 5.64. The molecule has 2 N–H and O–H groups in total. The fraction of sp³-hybridized carbons (Fsp3) is 0.364. The summed E-state index contributed by atoms with van der Waals surface area (Å²) in [5, 5.41) is 5.29. The van der Waals surface area contributed by atoms with Crippen LogP contribution in [0.25, 0.3) is 0 Å². The third-order valence-corrected chi connectivity index (χ3v) is 4.33. The number of hydrogen-bond donors (Lipinski definition) is 1. The zero-order chi connectivity index (χ0) is 11.5. The van der Waals surface area contributed by atoms with Crippen LogP contribution >= 0.6 is 22.7 Å². The van der Waals surface area contributed by atoms with Gasteiger partial charge < -0.3 is 10.6 Å². The predicted octanol–water partition coefficient (Wildman–Crippen LogP) is 2.86. The molecule has 0 aliphatic rings. The van der Waals surface area contributed by atoms with E-state index < -0.39 is 0 Å². The molecule has 2 heterocycles. The Kier molecular flexibility index (Phi) is 3.58. The van der Waals surface area contributed by atoms with E-state index >= 15 is 0 Å². The third kappa shape index (κ3) is 2.61. The summed E-state index contributed by atoms with van der Waals surface area (Å²) in [6.07, 6.45) is 1.87. The Morgan fingerprint density at radius 3 is 2.94 bits per heavy atom. The number of nitrogens with two attached hydrogens (primary N) is 1. The van der Waals surface area contributed by atoms with Crippen molar-refractivity contribution >= 4 is 27.8 Å².